The van der Waals surface area contributed by atoms with Crippen LogP contribution in [0.3, 0.4) is 0 Å². The fraction of sp³-hybridized carbons (Fsp3) is 0.538. The van der Waals surface area contributed by atoms with E-state index in [4.69, 9.17) is 10.00 Å². The number of aliphatic imine (C=N–C) groups is 1. The van der Waals surface area contributed by atoms with Crippen LogP contribution in [0.2, 0.25) is 0 Å². The number of nitrogens with zero attached hydrogens (tertiary/aromatic N) is 2. The molecule has 5 heteroatoms. The van der Waals surface area contributed by atoms with Gasteiger partial charge < -0.3 is 15.2 Å². The van der Waals surface area contributed by atoms with Crippen LogP contribution in [-0.2, 0) is 4.74 Å². The van der Waals surface area contributed by atoms with Crippen molar-refractivity contribution in [3.05, 3.63) is 23.7 Å². The fourth-order valence-corrected chi connectivity index (χ4v) is 1.61. The Hall–Kier alpha value is -1.80. The van der Waals surface area contributed by atoms with Crippen LogP contribution in [0.4, 0.5) is 0 Å². The van der Waals surface area contributed by atoms with Gasteiger partial charge in [0.2, 0.25) is 0 Å². The zero-order valence-corrected chi connectivity index (χ0v) is 11.4. The molecule has 1 aliphatic heterocycles. The van der Waals surface area contributed by atoms with Gasteiger partial charge in [0.05, 0.1) is 23.1 Å². The molecule has 0 atom stereocenters. The Kier molecular flexibility index (Phi) is 3.82. The van der Waals surface area contributed by atoms with Gasteiger partial charge in [-0.3, -0.25) is 4.99 Å². The lowest BCUT2D eigenvalue weighted by molar-refractivity contribution is 0.0805. The molecule has 0 aromatic heterocycles. The van der Waals surface area contributed by atoms with Gasteiger partial charge in [-0.25, -0.2) is 0 Å². The van der Waals surface area contributed by atoms with Crippen molar-refractivity contribution in [3.63, 3.8) is 0 Å². The molecule has 1 rings (SSSR count). The van der Waals surface area contributed by atoms with Crippen molar-refractivity contribution >= 4 is 5.71 Å². The number of rotatable bonds is 3. The molecule has 0 bridgehead atoms. The number of hydrogen-bond donors (Lipinski definition) is 2. The summed E-state index contributed by atoms with van der Waals surface area (Å²) in [5.74, 6) is 0.476. The summed E-state index contributed by atoms with van der Waals surface area (Å²) in [7, 11) is 1.70. The highest BCUT2D eigenvalue weighted by molar-refractivity contribution is 6.03. The molecule has 98 valence electrons. The fourth-order valence-electron chi connectivity index (χ4n) is 1.61. The summed E-state index contributed by atoms with van der Waals surface area (Å²) in [5, 5.41) is 21.6. The maximum atomic E-state index is 9.93. The van der Waals surface area contributed by atoms with E-state index in [0.29, 0.717) is 11.6 Å². The standard InChI is InChI=1S/C13H19N3O2/c1-12(2,17)9(6-7-14)16-11-8-10(15-5)13(3,4)18-11/h6,8,16-17H,1-5H3. The lowest BCUT2D eigenvalue weighted by Gasteiger charge is -2.25. The van der Waals surface area contributed by atoms with Crippen molar-refractivity contribution in [2.24, 2.45) is 4.99 Å². The van der Waals surface area contributed by atoms with E-state index in [1.165, 1.54) is 6.08 Å². The Bertz CT molecular complexity index is 460. The molecule has 1 heterocycles. The largest absolute Gasteiger partial charge is 0.466 e. The molecule has 0 amide bonds. The van der Waals surface area contributed by atoms with Gasteiger partial charge in [0.25, 0.3) is 0 Å². The molecule has 0 aromatic rings. The van der Waals surface area contributed by atoms with Crippen molar-refractivity contribution in [2.75, 3.05) is 7.05 Å². The minimum atomic E-state index is -1.14. The van der Waals surface area contributed by atoms with Crippen molar-refractivity contribution in [1.82, 2.24) is 5.32 Å². The average Bonchev–Trinajstić information content (AvgIpc) is 2.51. The molecule has 0 unspecified atom stereocenters. The quantitative estimate of drug-likeness (QED) is 0.743. The lowest BCUT2D eigenvalue weighted by Crippen LogP contribution is -2.34. The molecule has 0 spiro atoms. The molecule has 0 saturated carbocycles. The summed E-state index contributed by atoms with van der Waals surface area (Å²) in [6, 6.07) is 1.90. The topological polar surface area (TPSA) is 77.6 Å². The Balaban J connectivity index is 2.94. The van der Waals surface area contributed by atoms with Crippen molar-refractivity contribution in [3.8, 4) is 6.07 Å². The van der Waals surface area contributed by atoms with Crippen LogP contribution in [-0.4, -0.2) is 29.1 Å². The van der Waals surface area contributed by atoms with E-state index in [0.717, 1.165) is 5.71 Å². The normalized spacial score (nSPS) is 21.3. The van der Waals surface area contributed by atoms with E-state index in [-0.39, 0.29) is 0 Å². The molecule has 0 radical (unpaired) electrons. The SMILES string of the molecule is CN=C1C=C(NC(=CC#N)C(C)(C)O)OC1(C)C. The number of aliphatic hydroxyl groups is 1. The average molecular weight is 249 g/mol. The highest BCUT2D eigenvalue weighted by Crippen LogP contribution is 2.25. The molecule has 5 nitrogen and oxygen atoms in total. The van der Waals surface area contributed by atoms with E-state index in [1.54, 1.807) is 27.0 Å². The van der Waals surface area contributed by atoms with E-state index in [1.807, 2.05) is 19.9 Å². The predicted octanol–water partition coefficient (Wildman–Crippen LogP) is 1.48. The molecular formula is C13H19N3O2. The monoisotopic (exact) mass is 249 g/mol. The summed E-state index contributed by atoms with van der Waals surface area (Å²) >= 11 is 0. The van der Waals surface area contributed by atoms with Crippen molar-refractivity contribution < 1.29 is 9.84 Å². The van der Waals surface area contributed by atoms with Gasteiger partial charge in [-0.05, 0) is 27.7 Å². The van der Waals surface area contributed by atoms with Gasteiger partial charge in [0.1, 0.15) is 5.60 Å². The van der Waals surface area contributed by atoms with Crippen molar-refractivity contribution in [1.29, 1.82) is 5.26 Å². The van der Waals surface area contributed by atoms with Gasteiger partial charge in [0, 0.05) is 19.2 Å². The van der Waals surface area contributed by atoms with Crippen molar-refractivity contribution in [2.45, 2.75) is 38.9 Å². The highest BCUT2D eigenvalue weighted by atomic mass is 16.5. The molecule has 1 aliphatic rings. The summed E-state index contributed by atoms with van der Waals surface area (Å²) in [6.45, 7) is 6.99. The van der Waals surface area contributed by atoms with Crippen LogP contribution in [0.15, 0.2) is 28.7 Å². The van der Waals surface area contributed by atoms with Gasteiger partial charge in [-0.2, -0.15) is 5.26 Å². The van der Waals surface area contributed by atoms with E-state index >= 15 is 0 Å². The Morgan fingerprint density at radius 3 is 2.61 bits per heavy atom. The maximum Gasteiger partial charge on any atom is 0.194 e. The minimum Gasteiger partial charge on any atom is -0.466 e. The number of hydrogen-bond acceptors (Lipinski definition) is 5. The van der Waals surface area contributed by atoms with Crippen LogP contribution in [0, 0.1) is 11.3 Å². The zero-order valence-electron chi connectivity index (χ0n) is 11.4. The number of ether oxygens (including phenoxy) is 1. The van der Waals surface area contributed by atoms with Gasteiger partial charge in [-0.1, -0.05) is 0 Å². The number of nitriles is 1. The van der Waals surface area contributed by atoms with Crippen LogP contribution in [0.5, 0.6) is 0 Å². The second kappa shape index (κ2) is 4.83. The first-order valence-corrected chi connectivity index (χ1v) is 5.68. The third-order valence-corrected chi connectivity index (χ3v) is 2.62. The first kappa shape index (κ1) is 14.3. The molecule has 0 aromatic carbocycles. The molecule has 2 N–H and O–H groups in total. The van der Waals surface area contributed by atoms with Crippen LogP contribution in [0.1, 0.15) is 27.7 Å². The second-order valence-electron chi connectivity index (χ2n) is 5.10. The number of nitrogens with one attached hydrogen (secondary N) is 1. The summed E-state index contributed by atoms with van der Waals surface area (Å²) in [5.41, 5.74) is -0.466. The Morgan fingerprint density at radius 1 is 1.61 bits per heavy atom. The lowest BCUT2D eigenvalue weighted by atomic mass is 10.0. The second-order valence-corrected chi connectivity index (χ2v) is 5.10. The molecule has 0 aliphatic carbocycles. The smallest absolute Gasteiger partial charge is 0.194 e. The minimum absolute atomic E-state index is 0.379. The molecular weight excluding hydrogens is 230 g/mol. The van der Waals surface area contributed by atoms with Gasteiger partial charge in [-0.15, -0.1) is 0 Å². The third-order valence-electron chi connectivity index (χ3n) is 2.62. The molecule has 0 fully saturated rings. The Labute approximate surface area is 107 Å². The third kappa shape index (κ3) is 3.11. The predicted molar refractivity (Wildman–Crippen MR) is 69.7 cm³/mol. The number of allylic oxidation sites excluding steroid dienone is 1. The first-order chi connectivity index (χ1) is 8.20. The van der Waals surface area contributed by atoms with Crippen LogP contribution in [0.25, 0.3) is 0 Å². The van der Waals surface area contributed by atoms with Crippen LogP contribution < -0.4 is 5.32 Å². The molecule has 0 saturated heterocycles. The van der Waals surface area contributed by atoms with Gasteiger partial charge >= 0.3 is 0 Å². The highest BCUT2D eigenvalue weighted by Gasteiger charge is 2.34. The van der Waals surface area contributed by atoms with Gasteiger partial charge in [0.15, 0.2) is 5.88 Å². The summed E-state index contributed by atoms with van der Waals surface area (Å²) < 4.78 is 5.68. The summed E-state index contributed by atoms with van der Waals surface area (Å²) in [4.78, 5) is 4.13. The van der Waals surface area contributed by atoms with E-state index in [2.05, 4.69) is 10.3 Å². The molecule has 18 heavy (non-hydrogen) atoms. The Morgan fingerprint density at radius 2 is 2.22 bits per heavy atom. The van der Waals surface area contributed by atoms with E-state index in [9.17, 15) is 5.11 Å². The summed E-state index contributed by atoms with van der Waals surface area (Å²) in [6.07, 6.45) is 3.02. The first-order valence-electron chi connectivity index (χ1n) is 5.68. The maximum absolute atomic E-state index is 9.93. The van der Waals surface area contributed by atoms with Crippen LogP contribution >= 0.6 is 0 Å². The van der Waals surface area contributed by atoms with E-state index < -0.39 is 11.2 Å². The zero-order chi connectivity index (χ0) is 14.0.